The van der Waals surface area contributed by atoms with Crippen LogP contribution in [0.1, 0.15) is 26.3 Å². The smallest absolute Gasteiger partial charge is 0.218 e. The van der Waals surface area contributed by atoms with Gasteiger partial charge in [-0.1, -0.05) is 24.3 Å². The number of ketones is 2. The lowest BCUT2D eigenvalue weighted by Crippen LogP contribution is -2.37. The molecule has 0 bridgehead atoms. The fraction of sp³-hybridized carbons (Fsp3) is 0.111. The van der Waals surface area contributed by atoms with E-state index in [-0.39, 0.29) is 16.7 Å². The standard InChI is InChI=1S/C18H13NO4/c1-23-10-6-7-15-13(8-10)14(9-19-15)18(22)16(20)11-4-2-3-5-12(11)17(18)21/h2-9,19,22H,1H3. The number of aromatic nitrogens is 1. The average molecular weight is 307 g/mol. The van der Waals surface area contributed by atoms with Gasteiger partial charge in [-0.05, 0) is 18.2 Å². The summed E-state index contributed by atoms with van der Waals surface area (Å²) in [7, 11) is 1.53. The van der Waals surface area contributed by atoms with E-state index in [1.54, 1.807) is 42.5 Å². The first kappa shape index (κ1) is 13.7. The van der Waals surface area contributed by atoms with Crippen molar-refractivity contribution in [3.63, 3.8) is 0 Å². The third kappa shape index (κ3) is 1.65. The summed E-state index contributed by atoms with van der Waals surface area (Å²) in [5.41, 5.74) is -0.744. The van der Waals surface area contributed by atoms with E-state index >= 15 is 0 Å². The van der Waals surface area contributed by atoms with Crippen LogP contribution in [-0.4, -0.2) is 28.8 Å². The topological polar surface area (TPSA) is 79.4 Å². The Morgan fingerprint density at radius 1 is 1.04 bits per heavy atom. The van der Waals surface area contributed by atoms with Gasteiger partial charge in [-0.3, -0.25) is 9.59 Å². The number of ether oxygens (including phenoxy) is 1. The molecule has 114 valence electrons. The Hall–Kier alpha value is -2.92. The Kier molecular flexibility index (Phi) is 2.71. The van der Waals surface area contributed by atoms with Crippen LogP contribution in [0.4, 0.5) is 0 Å². The number of aliphatic hydroxyl groups is 1. The minimum Gasteiger partial charge on any atom is -0.497 e. The first-order chi connectivity index (χ1) is 11.1. The van der Waals surface area contributed by atoms with Crippen molar-refractivity contribution >= 4 is 22.5 Å². The molecular formula is C18H13NO4. The predicted molar refractivity (Wildman–Crippen MR) is 83.9 cm³/mol. The molecule has 0 saturated carbocycles. The molecule has 0 aliphatic heterocycles. The fourth-order valence-electron chi connectivity index (χ4n) is 3.14. The number of benzene rings is 2. The molecule has 23 heavy (non-hydrogen) atoms. The average Bonchev–Trinajstić information content (AvgIpc) is 3.10. The number of carbonyl (C=O) groups is 2. The second-order valence-corrected chi connectivity index (χ2v) is 5.53. The van der Waals surface area contributed by atoms with Crippen molar-refractivity contribution in [2.75, 3.05) is 7.11 Å². The highest BCUT2D eigenvalue weighted by Gasteiger charge is 2.54. The first-order valence-corrected chi connectivity index (χ1v) is 7.14. The normalized spacial score (nSPS) is 15.9. The number of hydrogen-bond donors (Lipinski definition) is 2. The van der Waals surface area contributed by atoms with Gasteiger partial charge in [-0.15, -0.1) is 0 Å². The molecule has 0 radical (unpaired) electrons. The maximum Gasteiger partial charge on any atom is 0.218 e. The van der Waals surface area contributed by atoms with Crippen molar-refractivity contribution in [1.29, 1.82) is 0 Å². The van der Waals surface area contributed by atoms with Crippen LogP contribution < -0.4 is 4.74 Å². The maximum absolute atomic E-state index is 12.7. The molecule has 3 aromatic rings. The monoisotopic (exact) mass is 307 g/mol. The molecule has 1 aliphatic carbocycles. The summed E-state index contributed by atoms with van der Waals surface area (Å²) >= 11 is 0. The number of Topliss-reactive ketones (excluding diaryl/α,β-unsaturated/α-hetero) is 2. The molecular weight excluding hydrogens is 294 g/mol. The number of H-pyrrole nitrogens is 1. The van der Waals surface area contributed by atoms with Crippen LogP contribution in [0.15, 0.2) is 48.7 Å². The molecule has 2 N–H and O–H groups in total. The number of fused-ring (bicyclic) bond motifs is 2. The van der Waals surface area contributed by atoms with Gasteiger partial charge in [-0.2, -0.15) is 0 Å². The molecule has 0 atom stereocenters. The van der Waals surface area contributed by atoms with Gasteiger partial charge in [0.15, 0.2) is 0 Å². The van der Waals surface area contributed by atoms with Gasteiger partial charge >= 0.3 is 0 Å². The van der Waals surface area contributed by atoms with Crippen LogP contribution >= 0.6 is 0 Å². The molecule has 1 aromatic heterocycles. The minimum atomic E-state index is -2.20. The van der Waals surface area contributed by atoms with Gasteiger partial charge in [-0.25, -0.2) is 0 Å². The van der Waals surface area contributed by atoms with Crippen molar-refractivity contribution in [3.05, 3.63) is 65.4 Å². The zero-order chi connectivity index (χ0) is 16.2. The maximum atomic E-state index is 12.7. The number of nitrogens with one attached hydrogen (secondary N) is 1. The molecule has 4 rings (SSSR count). The quantitative estimate of drug-likeness (QED) is 0.713. The van der Waals surface area contributed by atoms with Crippen molar-refractivity contribution in [1.82, 2.24) is 4.98 Å². The van der Waals surface area contributed by atoms with Crippen molar-refractivity contribution in [2.24, 2.45) is 0 Å². The summed E-state index contributed by atoms with van der Waals surface area (Å²) < 4.78 is 5.19. The van der Waals surface area contributed by atoms with E-state index in [1.165, 1.54) is 13.3 Å². The summed E-state index contributed by atoms with van der Waals surface area (Å²) in [5, 5.41) is 11.6. The van der Waals surface area contributed by atoms with E-state index in [9.17, 15) is 14.7 Å². The summed E-state index contributed by atoms with van der Waals surface area (Å²) in [6.07, 6.45) is 1.51. The largest absolute Gasteiger partial charge is 0.497 e. The number of rotatable bonds is 2. The van der Waals surface area contributed by atoms with Crippen LogP contribution in [0.5, 0.6) is 5.75 Å². The Bertz CT molecular complexity index is 935. The second-order valence-electron chi connectivity index (χ2n) is 5.53. The highest BCUT2D eigenvalue weighted by molar-refractivity contribution is 6.32. The summed E-state index contributed by atoms with van der Waals surface area (Å²) in [4.78, 5) is 28.4. The fourth-order valence-corrected chi connectivity index (χ4v) is 3.14. The lowest BCUT2D eigenvalue weighted by Gasteiger charge is -2.18. The third-order valence-corrected chi connectivity index (χ3v) is 4.35. The number of methoxy groups -OCH3 is 1. The SMILES string of the molecule is COc1ccc2[nH]cc(C3(O)C(=O)c4ccccc4C3=O)c2c1. The zero-order valence-corrected chi connectivity index (χ0v) is 12.3. The Morgan fingerprint density at radius 2 is 1.70 bits per heavy atom. The molecule has 1 aliphatic rings. The Labute approximate surface area is 131 Å². The van der Waals surface area contributed by atoms with Gasteiger partial charge in [0.05, 0.1) is 7.11 Å². The van der Waals surface area contributed by atoms with E-state index in [1.807, 2.05) is 0 Å². The van der Waals surface area contributed by atoms with E-state index < -0.39 is 17.2 Å². The third-order valence-electron chi connectivity index (χ3n) is 4.35. The van der Waals surface area contributed by atoms with E-state index in [0.717, 1.165) is 0 Å². The van der Waals surface area contributed by atoms with Crippen LogP contribution in [0.25, 0.3) is 10.9 Å². The molecule has 0 fully saturated rings. The van der Waals surface area contributed by atoms with Crippen LogP contribution in [0.3, 0.4) is 0 Å². The van der Waals surface area contributed by atoms with Crippen LogP contribution in [0.2, 0.25) is 0 Å². The van der Waals surface area contributed by atoms with E-state index in [0.29, 0.717) is 16.7 Å². The molecule has 0 amide bonds. The molecule has 5 heteroatoms. The van der Waals surface area contributed by atoms with Gasteiger partial charge in [0.1, 0.15) is 5.75 Å². The molecule has 2 aromatic carbocycles. The predicted octanol–water partition coefficient (Wildman–Crippen LogP) is 2.44. The summed E-state index contributed by atoms with van der Waals surface area (Å²) in [6, 6.07) is 11.7. The summed E-state index contributed by atoms with van der Waals surface area (Å²) in [5.74, 6) is -0.610. The molecule has 5 nitrogen and oxygen atoms in total. The summed E-state index contributed by atoms with van der Waals surface area (Å²) in [6.45, 7) is 0. The Morgan fingerprint density at radius 3 is 2.30 bits per heavy atom. The van der Waals surface area contributed by atoms with E-state index in [4.69, 9.17) is 4.74 Å². The number of aromatic amines is 1. The van der Waals surface area contributed by atoms with Crippen molar-refractivity contribution in [3.8, 4) is 5.75 Å². The second kappa shape index (κ2) is 4.54. The molecule has 0 unspecified atom stereocenters. The first-order valence-electron chi connectivity index (χ1n) is 7.14. The van der Waals surface area contributed by atoms with Crippen LogP contribution in [-0.2, 0) is 5.60 Å². The van der Waals surface area contributed by atoms with Gasteiger partial charge in [0.25, 0.3) is 0 Å². The molecule has 0 spiro atoms. The highest BCUT2D eigenvalue weighted by Crippen LogP contribution is 2.41. The van der Waals surface area contributed by atoms with Gasteiger partial charge in [0.2, 0.25) is 17.2 Å². The van der Waals surface area contributed by atoms with Crippen molar-refractivity contribution in [2.45, 2.75) is 5.60 Å². The lowest BCUT2D eigenvalue weighted by molar-refractivity contribution is 0.0326. The molecule has 1 heterocycles. The number of hydrogen-bond acceptors (Lipinski definition) is 4. The van der Waals surface area contributed by atoms with E-state index in [2.05, 4.69) is 4.98 Å². The lowest BCUT2D eigenvalue weighted by atomic mass is 9.88. The van der Waals surface area contributed by atoms with Gasteiger partial charge in [0, 0.05) is 33.8 Å². The highest BCUT2D eigenvalue weighted by atomic mass is 16.5. The van der Waals surface area contributed by atoms with Crippen molar-refractivity contribution < 1.29 is 19.4 Å². The molecule has 0 saturated heterocycles. The van der Waals surface area contributed by atoms with Crippen LogP contribution in [0, 0.1) is 0 Å². The zero-order valence-electron chi connectivity index (χ0n) is 12.3. The number of carbonyl (C=O) groups excluding carboxylic acids is 2. The minimum absolute atomic E-state index is 0.247. The van der Waals surface area contributed by atoms with Gasteiger partial charge < -0.3 is 14.8 Å². The Balaban J connectivity index is 1.98.